The van der Waals surface area contributed by atoms with Crippen LogP contribution in [0.5, 0.6) is 0 Å². The van der Waals surface area contributed by atoms with Crippen LogP contribution in [0.15, 0.2) is 72.6 Å². The van der Waals surface area contributed by atoms with Crippen LogP contribution in [0.25, 0.3) is 22.3 Å². The summed E-state index contributed by atoms with van der Waals surface area (Å²) in [6.45, 7) is 7.31. The van der Waals surface area contributed by atoms with Gasteiger partial charge in [0.2, 0.25) is 0 Å². The molecule has 3 aromatic rings. The SMILES string of the molecule is C=C/C(=C\C(=C)Cl)CNC(=O)c1ccc(-c2cc(-c3cn(C)nc3C#N)cnc2N)cc1F. The zero-order chi connectivity index (χ0) is 24.1. The van der Waals surface area contributed by atoms with Gasteiger partial charge in [0.05, 0.1) is 5.56 Å². The predicted octanol–water partition coefficient (Wildman–Crippen LogP) is 4.34. The number of benzene rings is 1. The molecule has 0 radical (unpaired) electrons. The van der Waals surface area contributed by atoms with Gasteiger partial charge in [-0.2, -0.15) is 10.4 Å². The van der Waals surface area contributed by atoms with Crippen LogP contribution >= 0.6 is 11.6 Å². The van der Waals surface area contributed by atoms with Gasteiger partial charge in [-0.3, -0.25) is 9.48 Å². The molecule has 0 unspecified atom stereocenters. The Bertz CT molecular complexity index is 1340. The van der Waals surface area contributed by atoms with Crippen molar-refractivity contribution in [3.05, 3.63) is 89.6 Å². The van der Waals surface area contributed by atoms with E-state index in [1.54, 1.807) is 31.5 Å². The fraction of sp³-hybridized carbons (Fsp3) is 0.0833. The van der Waals surface area contributed by atoms with Crippen molar-refractivity contribution in [3.8, 4) is 28.3 Å². The Labute approximate surface area is 195 Å². The van der Waals surface area contributed by atoms with Gasteiger partial charge in [-0.15, -0.1) is 0 Å². The average molecular weight is 463 g/mol. The lowest BCUT2D eigenvalue weighted by Crippen LogP contribution is -2.26. The quantitative estimate of drug-likeness (QED) is 0.507. The fourth-order valence-corrected chi connectivity index (χ4v) is 3.30. The third-order valence-electron chi connectivity index (χ3n) is 4.75. The highest BCUT2D eigenvalue weighted by atomic mass is 35.5. The summed E-state index contributed by atoms with van der Waals surface area (Å²) < 4.78 is 16.4. The number of carbonyl (C=O) groups excluding carboxylic acids is 1. The zero-order valence-corrected chi connectivity index (χ0v) is 18.5. The minimum atomic E-state index is -0.722. The van der Waals surface area contributed by atoms with Gasteiger partial charge in [0.15, 0.2) is 5.69 Å². The Hall–Kier alpha value is -4.22. The number of nitrogens with one attached hydrogen (secondary N) is 1. The molecule has 0 spiro atoms. The molecule has 0 aliphatic heterocycles. The van der Waals surface area contributed by atoms with Crippen LogP contribution in [-0.4, -0.2) is 27.2 Å². The van der Waals surface area contributed by atoms with Gasteiger partial charge in [0, 0.05) is 47.7 Å². The molecule has 0 bridgehead atoms. The molecule has 0 aliphatic carbocycles. The first kappa shape index (κ1) is 23.4. The van der Waals surface area contributed by atoms with E-state index in [2.05, 4.69) is 28.6 Å². The largest absolute Gasteiger partial charge is 0.383 e. The minimum absolute atomic E-state index is 0.112. The number of halogens is 2. The Balaban J connectivity index is 1.89. The summed E-state index contributed by atoms with van der Waals surface area (Å²) in [5, 5.41) is 16.3. The first-order chi connectivity index (χ1) is 15.7. The molecule has 7 nitrogen and oxygen atoms in total. The molecule has 0 saturated heterocycles. The lowest BCUT2D eigenvalue weighted by Gasteiger charge is -2.11. The smallest absolute Gasteiger partial charge is 0.254 e. The number of nitrogen functional groups attached to an aromatic ring is 1. The zero-order valence-electron chi connectivity index (χ0n) is 17.8. The number of aryl methyl sites for hydroxylation is 1. The Morgan fingerprint density at radius 3 is 2.76 bits per heavy atom. The van der Waals surface area contributed by atoms with Gasteiger partial charge < -0.3 is 11.1 Å². The second-order valence-electron chi connectivity index (χ2n) is 7.08. The Morgan fingerprint density at radius 1 is 1.36 bits per heavy atom. The summed E-state index contributed by atoms with van der Waals surface area (Å²) in [6.07, 6.45) is 6.29. The van der Waals surface area contributed by atoms with Crippen LogP contribution in [0.2, 0.25) is 0 Å². The van der Waals surface area contributed by atoms with Crippen molar-refractivity contribution >= 4 is 23.3 Å². The molecular formula is C24H20ClFN6O. The first-order valence-corrected chi connectivity index (χ1v) is 10.1. The third-order valence-corrected chi connectivity index (χ3v) is 4.86. The highest BCUT2D eigenvalue weighted by molar-refractivity contribution is 6.30. The first-order valence-electron chi connectivity index (χ1n) is 9.68. The van der Waals surface area contributed by atoms with E-state index >= 15 is 0 Å². The molecule has 0 fully saturated rings. The van der Waals surface area contributed by atoms with Gasteiger partial charge in [-0.05, 0) is 35.4 Å². The molecule has 3 rings (SSSR count). The third kappa shape index (κ3) is 5.34. The van der Waals surface area contributed by atoms with E-state index < -0.39 is 11.7 Å². The van der Waals surface area contributed by atoms with Crippen molar-refractivity contribution in [3.63, 3.8) is 0 Å². The highest BCUT2D eigenvalue weighted by Crippen LogP contribution is 2.31. The monoisotopic (exact) mass is 462 g/mol. The number of anilines is 1. The summed E-state index contributed by atoms with van der Waals surface area (Å²) >= 11 is 5.74. The van der Waals surface area contributed by atoms with Crippen molar-refractivity contribution < 1.29 is 9.18 Å². The molecule has 0 aliphatic rings. The van der Waals surface area contributed by atoms with Crippen molar-refractivity contribution in [1.29, 1.82) is 5.26 Å². The van der Waals surface area contributed by atoms with E-state index in [1.807, 2.05) is 6.07 Å². The van der Waals surface area contributed by atoms with E-state index in [0.29, 0.717) is 27.8 Å². The molecule has 0 saturated carbocycles. The molecular weight excluding hydrogens is 443 g/mol. The van der Waals surface area contributed by atoms with Crippen LogP contribution in [0.3, 0.4) is 0 Å². The van der Waals surface area contributed by atoms with E-state index in [9.17, 15) is 14.4 Å². The van der Waals surface area contributed by atoms with Gasteiger partial charge >= 0.3 is 0 Å². The molecule has 3 N–H and O–H groups in total. The molecule has 33 heavy (non-hydrogen) atoms. The number of nitriles is 1. The summed E-state index contributed by atoms with van der Waals surface area (Å²) in [6, 6.07) is 7.90. The van der Waals surface area contributed by atoms with Gasteiger partial charge in [-0.1, -0.05) is 36.9 Å². The fourth-order valence-electron chi connectivity index (χ4n) is 3.16. The second-order valence-corrected chi connectivity index (χ2v) is 7.57. The van der Waals surface area contributed by atoms with Gasteiger partial charge in [0.25, 0.3) is 5.91 Å². The van der Waals surface area contributed by atoms with Crippen LogP contribution in [-0.2, 0) is 7.05 Å². The van der Waals surface area contributed by atoms with Gasteiger partial charge in [0.1, 0.15) is 17.7 Å². The van der Waals surface area contributed by atoms with Crippen molar-refractivity contribution in [2.45, 2.75) is 0 Å². The van der Waals surface area contributed by atoms with Crippen molar-refractivity contribution in [2.24, 2.45) is 7.05 Å². The molecule has 1 amide bonds. The molecule has 0 atom stereocenters. The summed E-state index contributed by atoms with van der Waals surface area (Å²) in [4.78, 5) is 16.6. The Kier molecular flexibility index (Phi) is 7.06. The topological polar surface area (TPSA) is 110 Å². The maximum absolute atomic E-state index is 14.8. The number of carbonyl (C=O) groups is 1. The van der Waals surface area contributed by atoms with Crippen LogP contribution < -0.4 is 11.1 Å². The number of pyridine rings is 1. The number of aromatic nitrogens is 3. The number of hydrogen-bond donors (Lipinski definition) is 2. The summed E-state index contributed by atoms with van der Waals surface area (Å²) in [5.41, 5.74) is 8.84. The average Bonchev–Trinajstić information content (AvgIpc) is 3.17. The number of nitrogens with zero attached hydrogens (tertiary/aromatic N) is 4. The number of amides is 1. The van der Waals surface area contributed by atoms with E-state index in [4.69, 9.17) is 17.3 Å². The molecule has 2 heterocycles. The van der Waals surface area contributed by atoms with Crippen LogP contribution in [0.4, 0.5) is 10.2 Å². The normalized spacial score (nSPS) is 11.0. The maximum Gasteiger partial charge on any atom is 0.254 e. The number of nitrogens with two attached hydrogens (primary N) is 1. The van der Waals surface area contributed by atoms with E-state index in [1.165, 1.54) is 29.1 Å². The maximum atomic E-state index is 14.8. The van der Waals surface area contributed by atoms with Crippen LogP contribution in [0, 0.1) is 17.1 Å². The summed E-state index contributed by atoms with van der Waals surface area (Å²) in [5.74, 6) is -1.14. The molecule has 9 heteroatoms. The van der Waals surface area contributed by atoms with Crippen LogP contribution in [0.1, 0.15) is 16.1 Å². The van der Waals surface area contributed by atoms with E-state index in [-0.39, 0.29) is 28.7 Å². The van der Waals surface area contributed by atoms with Gasteiger partial charge in [-0.25, -0.2) is 9.37 Å². The van der Waals surface area contributed by atoms with Crippen molar-refractivity contribution in [2.75, 3.05) is 12.3 Å². The summed E-state index contributed by atoms with van der Waals surface area (Å²) in [7, 11) is 1.70. The number of hydrogen-bond acceptors (Lipinski definition) is 5. The standard InChI is InChI=1S/C24H20ClFN6O/c1-4-15(7-14(2)25)11-30-24(33)18-6-5-16(9-21(18)26)19-8-17(12-29-23(19)28)20-13-32(3)31-22(20)10-27/h4-9,12-13H,1-2,11H2,3H3,(H2,28,29)(H,30,33)/b15-7+. The Morgan fingerprint density at radius 2 is 2.12 bits per heavy atom. The predicted molar refractivity (Wildman–Crippen MR) is 127 cm³/mol. The molecule has 1 aromatic carbocycles. The minimum Gasteiger partial charge on any atom is -0.383 e. The van der Waals surface area contributed by atoms with E-state index in [0.717, 1.165) is 0 Å². The molecule has 2 aromatic heterocycles. The highest BCUT2D eigenvalue weighted by Gasteiger charge is 2.16. The number of rotatable bonds is 7. The lowest BCUT2D eigenvalue weighted by molar-refractivity contribution is 0.0953. The van der Waals surface area contributed by atoms with Crippen molar-refractivity contribution in [1.82, 2.24) is 20.1 Å². The second kappa shape index (κ2) is 9.94. The number of allylic oxidation sites excluding steroid dienone is 2. The lowest BCUT2D eigenvalue weighted by atomic mass is 10.00. The molecule has 166 valence electrons.